The highest BCUT2D eigenvalue weighted by atomic mass is 16.5. The van der Waals surface area contributed by atoms with Crippen LogP contribution >= 0.6 is 0 Å². The van der Waals surface area contributed by atoms with E-state index < -0.39 is 0 Å². The van der Waals surface area contributed by atoms with Gasteiger partial charge in [0.2, 0.25) is 5.91 Å². The lowest BCUT2D eigenvalue weighted by atomic mass is 9.90. The normalized spacial score (nSPS) is 20.9. The van der Waals surface area contributed by atoms with E-state index in [-0.39, 0.29) is 5.92 Å². The molecule has 5 nitrogen and oxygen atoms in total. The second kappa shape index (κ2) is 9.63. The Morgan fingerprint density at radius 2 is 1.65 bits per heavy atom. The molecule has 0 radical (unpaired) electrons. The Hall–Kier alpha value is -2.69. The van der Waals surface area contributed by atoms with Crippen molar-refractivity contribution in [2.75, 3.05) is 34.4 Å². The number of amides is 1. The Morgan fingerprint density at radius 3 is 2.29 bits per heavy atom. The van der Waals surface area contributed by atoms with Crippen LogP contribution in [0.3, 0.4) is 0 Å². The number of benzene rings is 2. The predicted molar refractivity (Wildman–Crippen MR) is 121 cm³/mol. The zero-order valence-corrected chi connectivity index (χ0v) is 18.8. The number of rotatable bonds is 8. The molecule has 2 unspecified atom stereocenters. The summed E-state index contributed by atoms with van der Waals surface area (Å²) in [7, 11) is 5.07. The van der Waals surface area contributed by atoms with Crippen molar-refractivity contribution in [3.63, 3.8) is 0 Å². The molecule has 0 spiro atoms. The molecule has 0 aromatic heterocycles. The summed E-state index contributed by atoms with van der Waals surface area (Å²) >= 11 is 0. The van der Waals surface area contributed by atoms with Crippen molar-refractivity contribution >= 4 is 5.91 Å². The van der Waals surface area contributed by atoms with Crippen LogP contribution in [-0.4, -0.2) is 45.2 Å². The van der Waals surface area contributed by atoms with E-state index in [2.05, 4.69) is 23.1 Å². The maximum absolute atomic E-state index is 13.0. The molecular weight excluding hydrogens is 390 g/mol. The standard InChI is InChI=1S/C26H33NO4/c1-29-20-14-19(15-21(16-20)30-2)9-8-18-10-12-27(13-11-18)26(28)24-17-23(24)22-6-4-5-7-25(22)31-3/h4-7,14-16,18,23-24H,8-13,17H2,1-3H3. The van der Waals surface area contributed by atoms with Crippen LogP contribution in [0.25, 0.3) is 0 Å². The summed E-state index contributed by atoms with van der Waals surface area (Å²) < 4.78 is 16.2. The molecule has 1 heterocycles. The maximum atomic E-state index is 13.0. The van der Waals surface area contributed by atoms with Gasteiger partial charge in [0.1, 0.15) is 17.2 Å². The third-order valence-corrected chi connectivity index (χ3v) is 6.82. The number of hydrogen-bond acceptors (Lipinski definition) is 4. The molecule has 1 aliphatic heterocycles. The highest BCUT2D eigenvalue weighted by molar-refractivity contribution is 5.83. The lowest BCUT2D eigenvalue weighted by molar-refractivity contribution is -0.134. The van der Waals surface area contributed by atoms with E-state index in [9.17, 15) is 4.79 Å². The van der Waals surface area contributed by atoms with Crippen molar-refractivity contribution in [2.45, 2.75) is 38.0 Å². The fourth-order valence-electron chi connectivity index (χ4n) is 4.84. The van der Waals surface area contributed by atoms with Crippen LogP contribution < -0.4 is 14.2 Å². The molecule has 2 aromatic carbocycles. The van der Waals surface area contributed by atoms with Crippen LogP contribution in [0.5, 0.6) is 17.2 Å². The molecule has 2 aliphatic rings. The van der Waals surface area contributed by atoms with Gasteiger partial charge in [0, 0.05) is 25.1 Å². The molecule has 0 N–H and O–H groups in total. The number of methoxy groups -OCH3 is 3. The second-order valence-electron chi connectivity index (χ2n) is 8.72. The molecular formula is C26H33NO4. The zero-order chi connectivity index (χ0) is 21.8. The molecule has 31 heavy (non-hydrogen) atoms. The number of carbonyl (C=O) groups is 1. The summed E-state index contributed by atoms with van der Waals surface area (Å²) in [6.45, 7) is 1.75. The number of hydrogen-bond donors (Lipinski definition) is 0. The quantitative estimate of drug-likeness (QED) is 0.618. The van der Waals surface area contributed by atoms with Gasteiger partial charge in [0.15, 0.2) is 0 Å². The topological polar surface area (TPSA) is 48.0 Å². The lowest BCUT2D eigenvalue weighted by Crippen LogP contribution is -2.39. The van der Waals surface area contributed by atoms with E-state index in [1.54, 1.807) is 21.3 Å². The van der Waals surface area contributed by atoms with Crippen molar-refractivity contribution in [2.24, 2.45) is 11.8 Å². The van der Waals surface area contributed by atoms with E-state index in [0.29, 0.717) is 17.7 Å². The number of aryl methyl sites for hydroxylation is 1. The molecule has 4 rings (SSSR count). The molecule has 1 aliphatic carbocycles. The van der Waals surface area contributed by atoms with Gasteiger partial charge in [-0.3, -0.25) is 4.79 Å². The van der Waals surface area contributed by atoms with E-state index in [0.717, 1.165) is 62.4 Å². The summed E-state index contributed by atoms with van der Waals surface area (Å²) in [5, 5.41) is 0. The minimum Gasteiger partial charge on any atom is -0.497 e. The number of nitrogens with zero attached hydrogens (tertiary/aromatic N) is 1. The monoisotopic (exact) mass is 423 g/mol. The average molecular weight is 424 g/mol. The van der Waals surface area contributed by atoms with Crippen LogP contribution in [0, 0.1) is 11.8 Å². The number of carbonyl (C=O) groups excluding carboxylic acids is 1. The summed E-state index contributed by atoms with van der Waals surface area (Å²) in [5.41, 5.74) is 2.42. The van der Waals surface area contributed by atoms with Crippen LogP contribution in [0.1, 0.15) is 42.7 Å². The second-order valence-corrected chi connectivity index (χ2v) is 8.72. The number of likely N-dealkylation sites (tertiary alicyclic amines) is 1. The maximum Gasteiger partial charge on any atom is 0.226 e. The first-order valence-corrected chi connectivity index (χ1v) is 11.3. The van der Waals surface area contributed by atoms with Crippen molar-refractivity contribution in [1.82, 2.24) is 4.90 Å². The summed E-state index contributed by atoms with van der Waals surface area (Å²) in [5.74, 6) is 3.99. The minimum absolute atomic E-state index is 0.122. The van der Waals surface area contributed by atoms with Crippen molar-refractivity contribution < 1.29 is 19.0 Å². The third kappa shape index (κ3) is 4.97. The molecule has 5 heteroatoms. The highest BCUT2D eigenvalue weighted by Crippen LogP contribution is 2.51. The van der Waals surface area contributed by atoms with Gasteiger partial charge >= 0.3 is 0 Å². The lowest BCUT2D eigenvalue weighted by Gasteiger charge is -2.32. The molecule has 2 atom stereocenters. The van der Waals surface area contributed by atoms with Crippen LogP contribution in [0.15, 0.2) is 42.5 Å². The van der Waals surface area contributed by atoms with Gasteiger partial charge in [-0.25, -0.2) is 0 Å². The van der Waals surface area contributed by atoms with Crippen molar-refractivity contribution in [1.29, 1.82) is 0 Å². The van der Waals surface area contributed by atoms with E-state index >= 15 is 0 Å². The summed E-state index contributed by atoms with van der Waals surface area (Å²) in [6.07, 6.45) is 5.24. The average Bonchev–Trinajstić information content (AvgIpc) is 3.63. The van der Waals surface area contributed by atoms with Crippen molar-refractivity contribution in [3.05, 3.63) is 53.6 Å². The van der Waals surface area contributed by atoms with Gasteiger partial charge in [0.05, 0.1) is 21.3 Å². The number of piperidine rings is 1. The molecule has 1 amide bonds. The van der Waals surface area contributed by atoms with Gasteiger partial charge in [-0.1, -0.05) is 18.2 Å². The Labute approximate surface area is 185 Å². The number of ether oxygens (including phenoxy) is 3. The largest absolute Gasteiger partial charge is 0.497 e. The van der Waals surface area contributed by atoms with Crippen LogP contribution in [0.4, 0.5) is 0 Å². The van der Waals surface area contributed by atoms with Crippen LogP contribution in [-0.2, 0) is 11.2 Å². The van der Waals surface area contributed by atoms with Gasteiger partial charge in [-0.05, 0) is 73.3 Å². The Kier molecular flexibility index (Phi) is 6.69. The van der Waals surface area contributed by atoms with Gasteiger partial charge in [-0.2, -0.15) is 0 Å². The fourth-order valence-corrected chi connectivity index (χ4v) is 4.84. The highest BCUT2D eigenvalue weighted by Gasteiger charge is 2.47. The zero-order valence-electron chi connectivity index (χ0n) is 18.8. The van der Waals surface area contributed by atoms with E-state index in [1.807, 2.05) is 24.3 Å². The predicted octanol–water partition coefficient (Wildman–Crippen LogP) is 4.69. The molecule has 166 valence electrons. The van der Waals surface area contributed by atoms with Gasteiger partial charge < -0.3 is 19.1 Å². The number of para-hydroxylation sites is 1. The Morgan fingerprint density at radius 1 is 0.968 bits per heavy atom. The SMILES string of the molecule is COc1cc(CCC2CCN(C(=O)C3CC3c3ccccc3OC)CC2)cc(OC)c1. The first-order valence-electron chi connectivity index (χ1n) is 11.3. The molecule has 0 bridgehead atoms. The van der Waals surface area contributed by atoms with Gasteiger partial charge in [0.25, 0.3) is 0 Å². The smallest absolute Gasteiger partial charge is 0.226 e. The summed E-state index contributed by atoms with van der Waals surface area (Å²) in [4.78, 5) is 15.1. The molecule has 2 fully saturated rings. The first kappa shape index (κ1) is 21.5. The first-order chi connectivity index (χ1) is 15.1. The van der Waals surface area contributed by atoms with Crippen LogP contribution in [0.2, 0.25) is 0 Å². The fraction of sp³-hybridized carbons (Fsp3) is 0.500. The summed E-state index contributed by atoms with van der Waals surface area (Å²) in [6, 6.07) is 14.2. The third-order valence-electron chi connectivity index (χ3n) is 6.82. The van der Waals surface area contributed by atoms with E-state index in [1.165, 1.54) is 11.1 Å². The molecule has 2 aromatic rings. The minimum atomic E-state index is 0.122. The molecule has 1 saturated heterocycles. The Balaban J connectivity index is 1.26. The molecule has 1 saturated carbocycles. The van der Waals surface area contributed by atoms with Crippen molar-refractivity contribution in [3.8, 4) is 17.2 Å². The Bertz CT molecular complexity index is 882. The van der Waals surface area contributed by atoms with Gasteiger partial charge in [-0.15, -0.1) is 0 Å². The van der Waals surface area contributed by atoms with E-state index in [4.69, 9.17) is 14.2 Å².